The maximum absolute atomic E-state index is 12.5. The van der Waals surface area contributed by atoms with Gasteiger partial charge in [0.25, 0.3) is 17.7 Å². The highest BCUT2D eigenvalue weighted by Gasteiger charge is 2.39. The van der Waals surface area contributed by atoms with Gasteiger partial charge >= 0.3 is 0 Å². The second-order valence-electron chi connectivity index (χ2n) is 5.63. The number of carbonyl (C=O) groups excluding carboxylic acids is 4. The number of amides is 3. The van der Waals surface area contributed by atoms with E-state index in [0.29, 0.717) is 17.4 Å². The number of benzene rings is 2. The van der Waals surface area contributed by atoms with E-state index in [1.165, 1.54) is 36.5 Å². The molecule has 3 rings (SSSR count). The first kappa shape index (κ1) is 17.5. The molecule has 26 heavy (non-hydrogen) atoms. The summed E-state index contributed by atoms with van der Waals surface area (Å²) < 4.78 is 0. The molecule has 8 nitrogen and oxygen atoms in total. The number of rotatable bonds is 5. The molecule has 0 unspecified atom stereocenters. The molecule has 0 saturated carbocycles. The molecule has 0 aromatic heterocycles. The number of carbonyl (C=O) groups is 4. The molecule has 3 amide bonds. The van der Waals surface area contributed by atoms with Crippen molar-refractivity contribution in [2.24, 2.45) is 0 Å². The Hall–Kier alpha value is -3.36. The number of imide groups is 1. The van der Waals surface area contributed by atoms with Gasteiger partial charge in [-0.05, 0) is 18.2 Å². The highest BCUT2D eigenvalue weighted by atomic mass is 16.2. The Balaban J connectivity index is 1.78. The zero-order valence-corrected chi connectivity index (χ0v) is 14.2. The molecule has 8 heteroatoms. The summed E-state index contributed by atoms with van der Waals surface area (Å²) >= 11 is 0. The molecule has 0 atom stereocenters. The van der Waals surface area contributed by atoms with E-state index in [1.54, 1.807) is 36.4 Å². The first-order valence-electron chi connectivity index (χ1n) is 7.76. The smallest absolute Gasteiger partial charge is 0.277 e. The summed E-state index contributed by atoms with van der Waals surface area (Å²) in [4.78, 5) is 48.5. The lowest BCUT2D eigenvalue weighted by Crippen LogP contribution is -2.57. The topological polar surface area (TPSA) is 90.0 Å². The van der Waals surface area contributed by atoms with Crippen LogP contribution in [0.2, 0.25) is 0 Å². The Morgan fingerprint density at radius 1 is 0.962 bits per heavy atom. The Morgan fingerprint density at radius 3 is 2.08 bits per heavy atom. The van der Waals surface area contributed by atoms with Gasteiger partial charge in [0.2, 0.25) is 0 Å². The molecule has 2 aromatic rings. The maximum Gasteiger partial charge on any atom is 0.277 e. The van der Waals surface area contributed by atoms with Crippen LogP contribution in [0.15, 0.2) is 48.5 Å². The van der Waals surface area contributed by atoms with Crippen LogP contribution >= 0.6 is 0 Å². The van der Waals surface area contributed by atoms with Crippen LogP contribution in [-0.2, 0) is 0 Å². The number of hydrogen-bond acceptors (Lipinski definition) is 6. The van der Waals surface area contributed by atoms with Crippen molar-refractivity contribution in [3.8, 4) is 0 Å². The molecule has 2 aromatic carbocycles. The van der Waals surface area contributed by atoms with E-state index in [-0.39, 0.29) is 11.1 Å². The molecule has 0 bridgehead atoms. The van der Waals surface area contributed by atoms with Gasteiger partial charge in [-0.3, -0.25) is 24.6 Å². The molecule has 0 saturated heterocycles. The number of nitrogens with zero attached hydrogens (tertiary/aromatic N) is 3. The molecule has 1 heterocycles. The summed E-state index contributed by atoms with van der Waals surface area (Å²) in [5.74, 6) is -1.51. The van der Waals surface area contributed by atoms with Crippen molar-refractivity contribution < 1.29 is 19.2 Å². The Bertz CT molecular complexity index is 877. The van der Waals surface area contributed by atoms with E-state index in [0.717, 1.165) is 5.01 Å². The summed E-state index contributed by atoms with van der Waals surface area (Å²) in [6.07, 6.45) is 0.586. The van der Waals surface area contributed by atoms with Crippen LogP contribution in [0.3, 0.4) is 0 Å². The van der Waals surface area contributed by atoms with Crippen LogP contribution in [-0.4, -0.2) is 53.3 Å². The van der Waals surface area contributed by atoms with Gasteiger partial charge in [-0.15, -0.1) is 10.2 Å². The minimum Gasteiger partial charge on any atom is -0.298 e. The van der Waals surface area contributed by atoms with Crippen LogP contribution in [0, 0.1) is 0 Å². The fraction of sp³-hybridized carbons (Fsp3) is 0.111. The van der Waals surface area contributed by atoms with Crippen LogP contribution in [0.25, 0.3) is 0 Å². The summed E-state index contributed by atoms with van der Waals surface area (Å²) in [6, 6.07) is 12.8. The van der Waals surface area contributed by atoms with Crippen molar-refractivity contribution in [1.29, 1.82) is 0 Å². The van der Waals surface area contributed by atoms with Crippen molar-refractivity contribution in [3.05, 3.63) is 70.8 Å². The number of hydrazine groups is 3. The van der Waals surface area contributed by atoms with Gasteiger partial charge in [-0.2, -0.15) is 5.01 Å². The molecule has 1 aliphatic heterocycles. The maximum atomic E-state index is 12.5. The summed E-state index contributed by atoms with van der Waals surface area (Å²) in [5, 5.41) is 3.33. The number of aldehydes is 1. The van der Waals surface area contributed by atoms with E-state index in [1.807, 2.05) is 0 Å². The Morgan fingerprint density at radius 2 is 1.50 bits per heavy atom. The van der Waals surface area contributed by atoms with E-state index >= 15 is 0 Å². The SMILES string of the molecule is CN(NC(=O)c1ccccc1C=O)N(C)N1C(=O)c2ccccc2C1=O. The largest absolute Gasteiger partial charge is 0.298 e. The normalized spacial score (nSPS) is 13.3. The molecule has 0 fully saturated rings. The molecule has 1 aliphatic rings. The van der Waals surface area contributed by atoms with Crippen LogP contribution in [0.5, 0.6) is 0 Å². The van der Waals surface area contributed by atoms with Crippen molar-refractivity contribution in [2.45, 2.75) is 0 Å². The van der Waals surface area contributed by atoms with Gasteiger partial charge in [-0.25, -0.2) is 0 Å². The lowest BCUT2D eigenvalue weighted by Gasteiger charge is -2.33. The molecule has 0 spiro atoms. The summed E-state index contributed by atoms with van der Waals surface area (Å²) in [7, 11) is 2.94. The van der Waals surface area contributed by atoms with Crippen LogP contribution < -0.4 is 5.43 Å². The predicted molar refractivity (Wildman–Crippen MR) is 91.8 cm³/mol. The lowest BCUT2D eigenvalue weighted by atomic mass is 10.1. The molecule has 132 valence electrons. The average Bonchev–Trinajstić information content (AvgIpc) is 2.92. The van der Waals surface area contributed by atoms with E-state index in [2.05, 4.69) is 5.43 Å². The van der Waals surface area contributed by atoms with Gasteiger partial charge in [0.05, 0.1) is 16.7 Å². The standard InChI is InChI=1S/C18H16N4O4/c1-20(19-16(24)13-8-4-3-7-12(13)11-23)21(2)22-17(25)14-9-5-6-10-15(14)18(22)26/h3-11H,1-2H3,(H,19,24). The molecular weight excluding hydrogens is 336 g/mol. The Labute approximate surface area is 149 Å². The van der Waals surface area contributed by atoms with Crippen LogP contribution in [0.1, 0.15) is 41.4 Å². The second-order valence-corrected chi connectivity index (χ2v) is 5.63. The molecule has 0 aliphatic carbocycles. The van der Waals surface area contributed by atoms with Gasteiger partial charge in [0, 0.05) is 19.7 Å². The third-order valence-electron chi connectivity index (χ3n) is 4.09. The second kappa shape index (κ2) is 6.87. The first-order valence-corrected chi connectivity index (χ1v) is 7.76. The quantitative estimate of drug-likeness (QED) is 0.493. The monoisotopic (exact) mass is 352 g/mol. The minimum absolute atomic E-state index is 0.185. The summed E-state index contributed by atoms with van der Waals surface area (Å²) in [6.45, 7) is 0. The predicted octanol–water partition coefficient (Wildman–Crippen LogP) is 1.13. The molecule has 1 N–H and O–H groups in total. The molecular formula is C18H16N4O4. The van der Waals surface area contributed by atoms with Crippen molar-refractivity contribution in [1.82, 2.24) is 20.7 Å². The van der Waals surface area contributed by atoms with Gasteiger partial charge < -0.3 is 0 Å². The van der Waals surface area contributed by atoms with Gasteiger partial charge in [0.1, 0.15) is 0 Å². The van der Waals surface area contributed by atoms with Crippen LogP contribution in [0.4, 0.5) is 0 Å². The fourth-order valence-corrected chi connectivity index (χ4v) is 2.66. The van der Waals surface area contributed by atoms with Crippen molar-refractivity contribution in [3.63, 3.8) is 0 Å². The number of nitrogens with one attached hydrogen (secondary N) is 1. The zero-order chi connectivity index (χ0) is 18.8. The van der Waals surface area contributed by atoms with E-state index in [9.17, 15) is 19.2 Å². The average molecular weight is 352 g/mol. The van der Waals surface area contributed by atoms with Crippen molar-refractivity contribution in [2.75, 3.05) is 14.1 Å². The van der Waals surface area contributed by atoms with E-state index in [4.69, 9.17) is 0 Å². The minimum atomic E-state index is -0.543. The fourth-order valence-electron chi connectivity index (χ4n) is 2.66. The third-order valence-corrected chi connectivity index (χ3v) is 4.09. The third kappa shape index (κ3) is 2.87. The van der Waals surface area contributed by atoms with Crippen molar-refractivity contribution >= 4 is 24.0 Å². The number of hydrogen-bond donors (Lipinski definition) is 1. The van der Waals surface area contributed by atoms with Gasteiger partial charge in [-0.1, -0.05) is 30.3 Å². The Kier molecular flexibility index (Phi) is 4.61. The van der Waals surface area contributed by atoms with Gasteiger partial charge in [0.15, 0.2) is 6.29 Å². The molecule has 0 radical (unpaired) electrons. The number of fused-ring (bicyclic) bond motifs is 1. The van der Waals surface area contributed by atoms with E-state index < -0.39 is 17.7 Å². The highest BCUT2D eigenvalue weighted by Crippen LogP contribution is 2.23. The summed E-state index contributed by atoms with van der Waals surface area (Å²) in [5.41, 5.74) is 3.56. The zero-order valence-electron chi connectivity index (χ0n) is 14.2. The lowest BCUT2D eigenvalue weighted by molar-refractivity contribution is -0.124. The highest BCUT2D eigenvalue weighted by molar-refractivity contribution is 6.20. The first-order chi connectivity index (χ1) is 12.5.